The van der Waals surface area contributed by atoms with Gasteiger partial charge in [-0.25, -0.2) is 4.79 Å². The van der Waals surface area contributed by atoms with E-state index < -0.39 is 5.97 Å². The molecule has 0 saturated carbocycles. The summed E-state index contributed by atoms with van der Waals surface area (Å²) in [6.07, 6.45) is 0. The molecule has 0 bridgehead atoms. The molecule has 1 amide bonds. The molecule has 24 heavy (non-hydrogen) atoms. The fraction of sp³-hybridized carbons (Fsp3) is 0.158. The summed E-state index contributed by atoms with van der Waals surface area (Å²) in [4.78, 5) is 25.9. The number of carbonyl (C=O) groups excluding carboxylic acids is 2. The Bertz CT molecular complexity index is 764. The van der Waals surface area contributed by atoms with Gasteiger partial charge in [0, 0.05) is 31.0 Å². The summed E-state index contributed by atoms with van der Waals surface area (Å²) in [5.41, 5.74) is 2.95. The molecule has 0 saturated heterocycles. The Morgan fingerprint density at radius 1 is 1.04 bits per heavy atom. The van der Waals surface area contributed by atoms with Crippen molar-refractivity contribution in [3.8, 4) is 0 Å². The van der Waals surface area contributed by atoms with Gasteiger partial charge < -0.3 is 15.0 Å². The SMILES string of the molecule is C=C(C(=O)OC)c1cccc(C(=O)Nc2ccc(N(C)C)cc2)c1. The molecule has 0 aliphatic rings. The third-order valence-electron chi connectivity index (χ3n) is 3.55. The van der Waals surface area contributed by atoms with Crippen LogP contribution in [-0.4, -0.2) is 33.1 Å². The standard InChI is InChI=1S/C19H20N2O3/c1-13(19(23)24-4)14-6-5-7-15(12-14)18(22)20-16-8-10-17(11-9-16)21(2)3/h5-12H,1H2,2-4H3,(H,20,22). The Morgan fingerprint density at radius 2 is 1.67 bits per heavy atom. The molecule has 1 N–H and O–H groups in total. The molecule has 2 aromatic carbocycles. The van der Waals surface area contributed by atoms with Gasteiger partial charge in [-0.2, -0.15) is 0 Å². The lowest BCUT2D eigenvalue weighted by Gasteiger charge is -2.13. The van der Waals surface area contributed by atoms with Crippen molar-refractivity contribution >= 4 is 28.8 Å². The number of nitrogens with one attached hydrogen (secondary N) is 1. The Balaban J connectivity index is 2.15. The number of ether oxygens (including phenoxy) is 1. The first-order chi connectivity index (χ1) is 11.4. The summed E-state index contributed by atoms with van der Waals surface area (Å²) in [6, 6.07) is 14.2. The van der Waals surface area contributed by atoms with Crippen LogP contribution in [0.5, 0.6) is 0 Å². The average Bonchev–Trinajstić information content (AvgIpc) is 2.60. The highest BCUT2D eigenvalue weighted by molar-refractivity contribution is 6.16. The normalized spacial score (nSPS) is 9.96. The Hall–Kier alpha value is -3.08. The van der Waals surface area contributed by atoms with Gasteiger partial charge in [-0.15, -0.1) is 0 Å². The van der Waals surface area contributed by atoms with E-state index in [0.717, 1.165) is 5.69 Å². The van der Waals surface area contributed by atoms with Gasteiger partial charge in [0.05, 0.1) is 12.7 Å². The number of amides is 1. The number of nitrogens with zero attached hydrogens (tertiary/aromatic N) is 1. The molecule has 0 fully saturated rings. The van der Waals surface area contributed by atoms with Gasteiger partial charge in [-0.1, -0.05) is 18.7 Å². The molecule has 0 spiro atoms. The van der Waals surface area contributed by atoms with Gasteiger partial charge in [0.1, 0.15) is 0 Å². The van der Waals surface area contributed by atoms with E-state index in [4.69, 9.17) is 0 Å². The second-order valence-electron chi connectivity index (χ2n) is 5.45. The Morgan fingerprint density at radius 3 is 2.25 bits per heavy atom. The topological polar surface area (TPSA) is 58.6 Å². The lowest BCUT2D eigenvalue weighted by atomic mass is 10.0. The number of carbonyl (C=O) groups is 2. The largest absolute Gasteiger partial charge is 0.465 e. The molecule has 0 aliphatic carbocycles. The highest BCUT2D eigenvalue weighted by Crippen LogP contribution is 2.19. The maximum absolute atomic E-state index is 12.4. The highest BCUT2D eigenvalue weighted by Gasteiger charge is 2.12. The third kappa shape index (κ3) is 4.01. The molecular formula is C19H20N2O3. The first-order valence-electron chi connectivity index (χ1n) is 7.38. The minimum absolute atomic E-state index is 0.211. The second-order valence-corrected chi connectivity index (χ2v) is 5.45. The molecule has 0 aliphatic heterocycles. The fourth-order valence-electron chi connectivity index (χ4n) is 2.14. The van der Waals surface area contributed by atoms with E-state index in [9.17, 15) is 9.59 Å². The molecule has 0 unspecified atom stereocenters. The minimum Gasteiger partial charge on any atom is -0.465 e. The zero-order valence-electron chi connectivity index (χ0n) is 14.0. The second kappa shape index (κ2) is 7.46. The number of benzene rings is 2. The van der Waals surface area contributed by atoms with Crippen molar-refractivity contribution in [2.24, 2.45) is 0 Å². The molecule has 124 valence electrons. The minimum atomic E-state index is -0.521. The van der Waals surface area contributed by atoms with Gasteiger partial charge >= 0.3 is 5.97 Å². The van der Waals surface area contributed by atoms with E-state index in [-0.39, 0.29) is 11.5 Å². The Labute approximate surface area is 141 Å². The van der Waals surface area contributed by atoms with Crippen LogP contribution in [0, 0.1) is 0 Å². The zero-order chi connectivity index (χ0) is 17.7. The van der Waals surface area contributed by atoms with Crippen LogP contribution in [0.2, 0.25) is 0 Å². The van der Waals surface area contributed by atoms with Crippen LogP contribution >= 0.6 is 0 Å². The van der Waals surface area contributed by atoms with E-state index >= 15 is 0 Å². The van der Waals surface area contributed by atoms with Crippen LogP contribution in [0.4, 0.5) is 11.4 Å². The number of esters is 1. The molecule has 2 aromatic rings. The molecular weight excluding hydrogens is 304 g/mol. The highest BCUT2D eigenvalue weighted by atomic mass is 16.5. The van der Waals surface area contributed by atoms with Crippen molar-refractivity contribution in [3.05, 3.63) is 66.2 Å². The molecule has 5 heteroatoms. The first kappa shape index (κ1) is 17.3. The molecule has 0 radical (unpaired) electrons. The van der Waals surface area contributed by atoms with E-state index in [1.807, 2.05) is 43.3 Å². The molecule has 2 rings (SSSR count). The van der Waals surface area contributed by atoms with Gasteiger partial charge in [0.15, 0.2) is 0 Å². The van der Waals surface area contributed by atoms with E-state index in [1.165, 1.54) is 7.11 Å². The number of hydrogen-bond donors (Lipinski definition) is 1. The smallest absolute Gasteiger partial charge is 0.337 e. The quantitative estimate of drug-likeness (QED) is 0.678. The fourth-order valence-corrected chi connectivity index (χ4v) is 2.14. The first-order valence-corrected chi connectivity index (χ1v) is 7.38. The van der Waals surface area contributed by atoms with Crippen molar-refractivity contribution in [1.29, 1.82) is 0 Å². The van der Waals surface area contributed by atoms with Crippen molar-refractivity contribution in [2.75, 3.05) is 31.4 Å². The predicted molar refractivity (Wildman–Crippen MR) is 96.2 cm³/mol. The maximum atomic E-state index is 12.4. The van der Waals surface area contributed by atoms with E-state index in [2.05, 4.69) is 16.6 Å². The van der Waals surface area contributed by atoms with Crippen LogP contribution in [-0.2, 0) is 9.53 Å². The van der Waals surface area contributed by atoms with Gasteiger partial charge in [0.2, 0.25) is 0 Å². The summed E-state index contributed by atoms with van der Waals surface area (Å²) in [5.74, 6) is -0.779. The number of methoxy groups -OCH3 is 1. The van der Waals surface area contributed by atoms with Crippen LogP contribution in [0.15, 0.2) is 55.1 Å². The summed E-state index contributed by atoms with van der Waals surface area (Å²) in [6.45, 7) is 3.70. The van der Waals surface area contributed by atoms with Crippen LogP contribution in [0.1, 0.15) is 15.9 Å². The van der Waals surface area contributed by atoms with Crippen molar-refractivity contribution < 1.29 is 14.3 Å². The predicted octanol–water partition coefficient (Wildman–Crippen LogP) is 3.19. The monoisotopic (exact) mass is 324 g/mol. The number of anilines is 2. The number of rotatable bonds is 5. The average molecular weight is 324 g/mol. The van der Waals surface area contributed by atoms with Crippen molar-refractivity contribution in [3.63, 3.8) is 0 Å². The third-order valence-corrected chi connectivity index (χ3v) is 3.55. The lowest BCUT2D eigenvalue weighted by Crippen LogP contribution is -2.13. The summed E-state index contributed by atoms with van der Waals surface area (Å²) >= 11 is 0. The maximum Gasteiger partial charge on any atom is 0.337 e. The zero-order valence-corrected chi connectivity index (χ0v) is 14.0. The Kier molecular flexibility index (Phi) is 5.37. The van der Waals surface area contributed by atoms with Crippen LogP contribution in [0.3, 0.4) is 0 Å². The van der Waals surface area contributed by atoms with Gasteiger partial charge in [-0.05, 0) is 42.0 Å². The van der Waals surface area contributed by atoms with Gasteiger partial charge in [-0.3, -0.25) is 4.79 Å². The lowest BCUT2D eigenvalue weighted by molar-refractivity contribution is -0.133. The van der Waals surface area contributed by atoms with Crippen molar-refractivity contribution in [1.82, 2.24) is 0 Å². The van der Waals surface area contributed by atoms with Gasteiger partial charge in [0.25, 0.3) is 5.91 Å². The number of hydrogen-bond acceptors (Lipinski definition) is 4. The van der Waals surface area contributed by atoms with Crippen LogP contribution in [0.25, 0.3) is 5.57 Å². The summed E-state index contributed by atoms with van der Waals surface area (Å²) < 4.78 is 4.65. The van der Waals surface area contributed by atoms with Crippen LogP contribution < -0.4 is 10.2 Å². The molecule has 0 aromatic heterocycles. The van der Waals surface area contributed by atoms with E-state index in [0.29, 0.717) is 16.8 Å². The molecule has 5 nitrogen and oxygen atoms in total. The summed E-state index contributed by atoms with van der Waals surface area (Å²) in [7, 11) is 5.20. The molecule has 0 heterocycles. The summed E-state index contributed by atoms with van der Waals surface area (Å²) in [5, 5.41) is 2.83. The van der Waals surface area contributed by atoms with Crippen molar-refractivity contribution in [2.45, 2.75) is 0 Å². The van der Waals surface area contributed by atoms with E-state index in [1.54, 1.807) is 24.3 Å². The molecule has 0 atom stereocenters.